The molecule has 2 aromatic rings. The van der Waals surface area contributed by atoms with Crippen LogP contribution in [-0.2, 0) is 14.1 Å². The highest BCUT2D eigenvalue weighted by molar-refractivity contribution is 7.00. The van der Waals surface area contributed by atoms with Gasteiger partial charge in [0.2, 0.25) is 0 Å². The summed E-state index contributed by atoms with van der Waals surface area (Å²) in [6.07, 6.45) is 3.96. The highest BCUT2D eigenvalue weighted by atomic mass is 35.5. The summed E-state index contributed by atoms with van der Waals surface area (Å²) in [5.41, 5.74) is 0.708. The molecule has 2 unspecified atom stereocenters. The molecule has 0 aliphatic rings. The molecule has 2 aromatic carbocycles. The minimum Gasteiger partial charge on any atom is -0.465 e. The Balaban J connectivity index is 0.00000190. The predicted molar refractivity (Wildman–Crippen MR) is 115 cm³/mol. The van der Waals surface area contributed by atoms with Gasteiger partial charge in [-0.05, 0) is 24.1 Å². The predicted octanol–water partition coefficient (Wildman–Crippen LogP) is 6.29. The molecule has 2 rings (SSSR count). The molecule has 0 bridgehead atoms. The summed E-state index contributed by atoms with van der Waals surface area (Å²) < 4.78 is 13.5. The number of rotatable bonds is 9. The average molecular weight is 442 g/mol. The number of hydrogen-bond acceptors (Lipinski definition) is 4. The molecule has 0 fully saturated rings. The second-order valence-electron chi connectivity index (χ2n) is 6.03. The molecule has 0 N–H and O–H groups in total. The topological polar surface area (TPSA) is 60.4 Å². The van der Waals surface area contributed by atoms with E-state index in [4.69, 9.17) is 32.5 Å². The van der Waals surface area contributed by atoms with Gasteiger partial charge in [-0.15, -0.1) is 0 Å². The van der Waals surface area contributed by atoms with E-state index in [9.17, 15) is 9.59 Å². The van der Waals surface area contributed by atoms with Crippen LogP contribution in [-0.4, -0.2) is 18.4 Å². The summed E-state index contributed by atoms with van der Waals surface area (Å²) in [6.45, 7) is 2.41. The second-order valence-corrected chi connectivity index (χ2v) is 6.85. The van der Waals surface area contributed by atoms with Crippen LogP contribution in [0.1, 0.15) is 54.4 Å². The van der Waals surface area contributed by atoms with Crippen LogP contribution >= 0.6 is 32.3 Å². The van der Waals surface area contributed by atoms with E-state index in [0.717, 1.165) is 25.7 Å². The van der Waals surface area contributed by atoms with Crippen LogP contribution in [0.3, 0.4) is 0 Å². The summed E-state index contributed by atoms with van der Waals surface area (Å²) in [6, 6.07) is 13.7. The number of ether oxygens (including phenoxy) is 1. The SMILES string of the molecule is CCCCCCOC(=O)C(C(=O)c1c(Cl)cccc1Cl)c1ccccc1.O=[PH2+]. The van der Waals surface area contributed by atoms with E-state index in [1.807, 2.05) is 6.07 Å². The molecule has 0 heterocycles. The maximum Gasteiger partial charge on any atom is 0.321 e. The fourth-order valence-corrected chi connectivity index (χ4v) is 3.29. The number of hydrogen-bond donors (Lipinski definition) is 0. The Morgan fingerprint density at radius 3 is 2.11 bits per heavy atom. The lowest BCUT2D eigenvalue weighted by atomic mass is 9.90. The van der Waals surface area contributed by atoms with Gasteiger partial charge in [0.25, 0.3) is 0 Å². The summed E-state index contributed by atoms with van der Waals surface area (Å²) in [4.78, 5) is 25.8. The van der Waals surface area contributed by atoms with Crippen LogP contribution < -0.4 is 0 Å². The van der Waals surface area contributed by atoms with Crippen molar-refractivity contribution in [2.75, 3.05) is 6.61 Å². The van der Waals surface area contributed by atoms with Crippen molar-refractivity contribution in [3.05, 3.63) is 69.7 Å². The fourth-order valence-electron chi connectivity index (χ4n) is 2.70. The Bertz CT molecular complexity index is 748. The van der Waals surface area contributed by atoms with Crippen LogP contribution in [0.15, 0.2) is 48.5 Å². The van der Waals surface area contributed by atoms with Gasteiger partial charge in [0.15, 0.2) is 5.78 Å². The third-order valence-electron chi connectivity index (χ3n) is 4.08. The number of ketones is 1. The zero-order chi connectivity index (χ0) is 20.9. The molecule has 0 aromatic heterocycles. The van der Waals surface area contributed by atoms with Crippen molar-refractivity contribution in [3.63, 3.8) is 0 Å². The van der Waals surface area contributed by atoms with E-state index in [1.165, 1.54) is 9.12 Å². The molecule has 0 aliphatic carbocycles. The molecule has 7 heteroatoms. The quantitative estimate of drug-likeness (QED) is 0.151. The number of unbranched alkanes of at least 4 members (excludes halogenated alkanes) is 3. The van der Waals surface area contributed by atoms with E-state index < -0.39 is 17.7 Å². The third kappa shape index (κ3) is 7.01. The van der Waals surface area contributed by atoms with Gasteiger partial charge in [-0.25, -0.2) is 0 Å². The first-order chi connectivity index (χ1) is 13.6. The molecule has 0 spiro atoms. The number of benzene rings is 2. The first kappa shape index (κ1) is 24.3. The molecule has 2 atom stereocenters. The zero-order valence-corrected chi connectivity index (χ0v) is 18.4. The lowest BCUT2D eigenvalue weighted by Gasteiger charge is -2.17. The maximum atomic E-state index is 13.1. The van der Waals surface area contributed by atoms with Crippen molar-refractivity contribution in [1.29, 1.82) is 0 Å². The van der Waals surface area contributed by atoms with E-state index in [1.54, 1.807) is 42.5 Å². The lowest BCUT2D eigenvalue weighted by Crippen LogP contribution is -2.25. The molecular formula is C21H24Cl2O4P+. The van der Waals surface area contributed by atoms with E-state index >= 15 is 0 Å². The molecule has 0 amide bonds. The number of carbonyl (C=O) groups is 2. The van der Waals surface area contributed by atoms with Crippen molar-refractivity contribution in [1.82, 2.24) is 0 Å². The minimum absolute atomic E-state index is 0.146. The monoisotopic (exact) mass is 441 g/mol. The van der Waals surface area contributed by atoms with E-state index in [2.05, 4.69) is 6.92 Å². The molecule has 0 aliphatic heterocycles. The molecule has 4 nitrogen and oxygen atoms in total. The standard InChI is InChI=1S/C21H22Cl2O3.H2OP/c1-2-3-4-8-14-26-21(25)18(15-10-6-5-7-11-15)20(24)19-16(22)12-9-13-17(19)23;1-2/h5-7,9-13,18H,2-4,8,14H2,1H3;2H2/q;+1. The van der Waals surface area contributed by atoms with Crippen molar-refractivity contribution in [3.8, 4) is 0 Å². The van der Waals surface area contributed by atoms with Crippen molar-refractivity contribution >= 4 is 44.1 Å². The largest absolute Gasteiger partial charge is 0.465 e. The van der Waals surface area contributed by atoms with Gasteiger partial charge in [0.1, 0.15) is 5.92 Å². The van der Waals surface area contributed by atoms with Gasteiger partial charge in [0.05, 0.1) is 22.2 Å². The van der Waals surface area contributed by atoms with Crippen LogP contribution in [0.5, 0.6) is 0 Å². The molecule has 0 radical (unpaired) electrons. The van der Waals surface area contributed by atoms with Crippen molar-refractivity contribution < 1.29 is 18.9 Å². The summed E-state index contributed by atoms with van der Waals surface area (Å²) in [5, 5.41) is 0.443. The maximum absolute atomic E-state index is 13.1. The lowest BCUT2D eigenvalue weighted by molar-refractivity contribution is -0.144. The van der Waals surface area contributed by atoms with E-state index in [0.29, 0.717) is 12.2 Å². The highest BCUT2D eigenvalue weighted by Crippen LogP contribution is 2.31. The van der Waals surface area contributed by atoms with Crippen molar-refractivity contribution in [2.24, 2.45) is 0 Å². The van der Waals surface area contributed by atoms with Crippen molar-refractivity contribution in [2.45, 2.75) is 38.5 Å². The van der Waals surface area contributed by atoms with E-state index in [-0.39, 0.29) is 15.6 Å². The number of halogens is 2. The van der Waals surface area contributed by atoms with Gasteiger partial charge >= 0.3 is 15.1 Å². The minimum atomic E-state index is -1.08. The molecule has 0 saturated heterocycles. The van der Waals surface area contributed by atoms with Crippen LogP contribution in [0, 0.1) is 0 Å². The molecular weight excluding hydrogens is 418 g/mol. The normalized spacial score (nSPS) is 11.1. The molecule has 150 valence electrons. The summed E-state index contributed by atoms with van der Waals surface area (Å²) in [5.74, 6) is -2.11. The van der Waals surface area contributed by atoms with Gasteiger partial charge < -0.3 is 4.74 Å². The smallest absolute Gasteiger partial charge is 0.321 e. The summed E-state index contributed by atoms with van der Waals surface area (Å²) >= 11 is 12.3. The van der Waals surface area contributed by atoms with Gasteiger partial charge in [-0.1, -0.05) is 90.4 Å². The highest BCUT2D eigenvalue weighted by Gasteiger charge is 2.33. The third-order valence-corrected chi connectivity index (χ3v) is 4.71. The van der Waals surface area contributed by atoms with Gasteiger partial charge in [-0.2, -0.15) is 0 Å². The number of carbonyl (C=O) groups excluding carboxylic acids is 2. The average Bonchev–Trinajstić information content (AvgIpc) is 2.70. The first-order valence-corrected chi connectivity index (χ1v) is 10.2. The number of esters is 1. The van der Waals surface area contributed by atoms with Gasteiger partial charge in [-0.3, -0.25) is 9.59 Å². The Hall–Kier alpha value is -1.74. The van der Waals surface area contributed by atoms with Gasteiger partial charge in [0, 0.05) is 0 Å². The Labute approximate surface area is 177 Å². The summed E-state index contributed by atoms with van der Waals surface area (Å²) in [7, 11) is 1.17. The fraction of sp³-hybridized carbons (Fsp3) is 0.333. The second kappa shape index (κ2) is 13.4. The molecule has 0 saturated carbocycles. The Morgan fingerprint density at radius 2 is 1.54 bits per heavy atom. The first-order valence-electron chi connectivity index (χ1n) is 8.99. The van der Waals surface area contributed by atoms with Crippen LogP contribution in [0.4, 0.5) is 0 Å². The van der Waals surface area contributed by atoms with Crippen LogP contribution in [0.25, 0.3) is 0 Å². The zero-order valence-electron chi connectivity index (χ0n) is 15.7. The Morgan fingerprint density at radius 1 is 0.929 bits per heavy atom. The Kier molecular flexibility index (Phi) is 11.7. The number of Topliss-reactive ketones (excluding diaryl/α,β-unsaturated/α-hetero) is 1. The van der Waals surface area contributed by atoms with Crippen LogP contribution in [0.2, 0.25) is 10.0 Å². The molecule has 28 heavy (non-hydrogen) atoms.